The summed E-state index contributed by atoms with van der Waals surface area (Å²) in [5.74, 6) is 0.0596. The van der Waals surface area contributed by atoms with E-state index in [1.54, 1.807) is 13.1 Å². The lowest BCUT2D eigenvalue weighted by molar-refractivity contribution is 0.383. The van der Waals surface area contributed by atoms with Gasteiger partial charge in [0.2, 0.25) is 10.0 Å². The first-order valence-corrected chi connectivity index (χ1v) is 7.70. The number of nitrogens with zero attached hydrogens (tertiary/aromatic N) is 3. The van der Waals surface area contributed by atoms with Gasteiger partial charge in [-0.2, -0.15) is 9.40 Å². The first-order chi connectivity index (χ1) is 8.94. The smallest absolute Gasteiger partial charge is 0.266 e. The van der Waals surface area contributed by atoms with Crippen molar-refractivity contribution in [1.82, 2.24) is 14.1 Å². The standard InChI is InChI=1S/C12H17N3O3S/c1-3-4-7-19(17,18)15-6-5-11-10(9-15)8-12(16)14(2)13-11/h3,8H,1,4-7,9H2,2H3. The van der Waals surface area contributed by atoms with Gasteiger partial charge in [-0.25, -0.2) is 13.1 Å². The highest BCUT2D eigenvalue weighted by atomic mass is 32.2. The number of allylic oxidation sites excluding steroid dienone is 1. The maximum atomic E-state index is 12.1. The van der Waals surface area contributed by atoms with Crippen LogP contribution >= 0.6 is 0 Å². The third-order valence-corrected chi connectivity index (χ3v) is 5.03. The first-order valence-electron chi connectivity index (χ1n) is 6.09. The van der Waals surface area contributed by atoms with Crippen molar-refractivity contribution in [3.63, 3.8) is 0 Å². The number of hydrogen-bond acceptors (Lipinski definition) is 4. The van der Waals surface area contributed by atoms with Crippen LogP contribution in [0.25, 0.3) is 0 Å². The van der Waals surface area contributed by atoms with Crippen LogP contribution in [0.2, 0.25) is 0 Å². The van der Waals surface area contributed by atoms with Crippen molar-refractivity contribution >= 4 is 10.0 Å². The minimum atomic E-state index is -3.29. The van der Waals surface area contributed by atoms with Gasteiger partial charge in [-0.3, -0.25) is 4.79 Å². The van der Waals surface area contributed by atoms with E-state index in [1.807, 2.05) is 0 Å². The maximum absolute atomic E-state index is 12.1. The number of sulfonamides is 1. The van der Waals surface area contributed by atoms with Crippen molar-refractivity contribution in [3.8, 4) is 0 Å². The van der Waals surface area contributed by atoms with Crippen LogP contribution in [0.4, 0.5) is 0 Å². The van der Waals surface area contributed by atoms with E-state index >= 15 is 0 Å². The largest absolute Gasteiger partial charge is 0.268 e. The molecule has 6 nitrogen and oxygen atoms in total. The summed E-state index contributed by atoms with van der Waals surface area (Å²) in [6.07, 6.45) is 2.56. The van der Waals surface area contributed by atoms with Crippen LogP contribution in [0.3, 0.4) is 0 Å². The number of hydrogen-bond donors (Lipinski definition) is 0. The van der Waals surface area contributed by atoms with E-state index < -0.39 is 10.0 Å². The Morgan fingerprint density at radius 1 is 1.53 bits per heavy atom. The van der Waals surface area contributed by atoms with E-state index in [2.05, 4.69) is 11.7 Å². The lowest BCUT2D eigenvalue weighted by Crippen LogP contribution is -2.39. The number of rotatable bonds is 4. The molecule has 0 fully saturated rings. The van der Waals surface area contributed by atoms with E-state index in [4.69, 9.17) is 0 Å². The molecule has 0 saturated carbocycles. The Labute approximate surface area is 112 Å². The van der Waals surface area contributed by atoms with Crippen molar-refractivity contribution in [3.05, 3.63) is 40.3 Å². The summed E-state index contributed by atoms with van der Waals surface area (Å²) in [6, 6.07) is 1.47. The summed E-state index contributed by atoms with van der Waals surface area (Å²) < 4.78 is 26.9. The monoisotopic (exact) mass is 283 g/mol. The van der Waals surface area contributed by atoms with Crippen molar-refractivity contribution in [2.24, 2.45) is 7.05 Å². The molecule has 1 aromatic heterocycles. The molecule has 0 aliphatic carbocycles. The zero-order chi connectivity index (χ0) is 14.0. The van der Waals surface area contributed by atoms with Crippen LogP contribution < -0.4 is 5.56 Å². The van der Waals surface area contributed by atoms with E-state index in [9.17, 15) is 13.2 Å². The molecule has 2 rings (SSSR count). The second kappa shape index (κ2) is 5.26. The summed E-state index contributed by atoms with van der Waals surface area (Å²) in [7, 11) is -1.69. The quantitative estimate of drug-likeness (QED) is 0.732. The molecule has 0 atom stereocenters. The summed E-state index contributed by atoms with van der Waals surface area (Å²) in [5, 5.41) is 4.16. The van der Waals surface area contributed by atoms with Crippen molar-refractivity contribution in [2.45, 2.75) is 19.4 Å². The van der Waals surface area contributed by atoms with Crippen LogP contribution in [0, 0.1) is 0 Å². The molecule has 0 N–H and O–H groups in total. The molecule has 0 bridgehead atoms. The van der Waals surface area contributed by atoms with Gasteiger partial charge in [-0.1, -0.05) is 6.08 Å². The summed E-state index contributed by atoms with van der Waals surface area (Å²) in [5.41, 5.74) is 1.29. The maximum Gasteiger partial charge on any atom is 0.266 e. The van der Waals surface area contributed by atoms with Gasteiger partial charge in [0.1, 0.15) is 0 Å². The highest BCUT2D eigenvalue weighted by Gasteiger charge is 2.27. The molecule has 0 amide bonds. The molecular formula is C12H17N3O3S. The molecule has 0 unspecified atom stereocenters. The Morgan fingerprint density at radius 2 is 2.26 bits per heavy atom. The molecule has 19 heavy (non-hydrogen) atoms. The SMILES string of the molecule is C=CCCS(=O)(=O)N1CCc2nn(C)c(=O)cc2C1. The second-order valence-corrected chi connectivity index (χ2v) is 6.64. The molecule has 104 valence electrons. The summed E-state index contributed by atoms with van der Waals surface area (Å²) in [4.78, 5) is 11.5. The van der Waals surface area contributed by atoms with Gasteiger partial charge in [-0.05, 0) is 12.0 Å². The van der Waals surface area contributed by atoms with Gasteiger partial charge in [0.05, 0.1) is 11.4 Å². The predicted octanol–water partition coefficient (Wildman–Crippen LogP) is 0.0443. The lowest BCUT2D eigenvalue weighted by atomic mass is 10.1. The van der Waals surface area contributed by atoms with Gasteiger partial charge < -0.3 is 0 Å². The first kappa shape index (κ1) is 14.0. The molecular weight excluding hydrogens is 266 g/mol. The van der Waals surface area contributed by atoms with Crippen LogP contribution in [0.5, 0.6) is 0 Å². The minimum Gasteiger partial charge on any atom is -0.268 e. The third-order valence-electron chi connectivity index (χ3n) is 3.18. The molecule has 1 aliphatic heterocycles. The molecule has 7 heteroatoms. The Hall–Kier alpha value is -1.47. The Morgan fingerprint density at radius 3 is 2.95 bits per heavy atom. The minimum absolute atomic E-state index is 0.0596. The number of aromatic nitrogens is 2. The molecule has 0 aromatic carbocycles. The Balaban J connectivity index is 2.25. The Bertz CT molecular complexity index is 649. The fraction of sp³-hybridized carbons (Fsp3) is 0.500. The van der Waals surface area contributed by atoms with Gasteiger partial charge in [0.15, 0.2) is 0 Å². The highest BCUT2D eigenvalue weighted by Crippen LogP contribution is 2.18. The molecule has 0 saturated heterocycles. The van der Waals surface area contributed by atoms with E-state index in [-0.39, 0.29) is 17.9 Å². The Kier molecular flexibility index (Phi) is 3.86. The topological polar surface area (TPSA) is 72.3 Å². The van der Waals surface area contributed by atoms with Gasteiger partial charge in [-0.15, -0.1) is 6.58 Å². The van der Waals surface area contributed by atoms with Crippen LogP contribution in [-0.4, -0.2) is 34.8 Å². The fourth-order valence-electron chi connectivity index (χ4n) is 2.07. The van der Waals surface area contributed by atoms with Gasteiger partial charge in [0.25, 0.3) is 5.56 Å². The number of fused-ring (bicyclic) bond motifs is 1. The van der Waals surface area contributed by atoms with E-state index in [0.717, 1.165) is 5.69 Å². The van der Waals surface area contributed by atoms with E-state index in [1.165, 1.54) is 15.1 Å². The fourth-order valence-corrected chi connectivity index (χ4v) is 3.49. The average molecular weight is 283 g/mol. The zero-order valence-corrected chi connectivity index (χ0v) is 11.7. The molecule has 1 aromatic rings. The van der Waals surface area contributed by atoms with E-state index in [0.29, 0.717) is 24.9 Å². The summed E-state index contributed by atoms with van der Waals surface area (Å²) in [6.45, 7) is 4.18. The van der Waals surface area contributed by atoms with Crippen molar-refractivity contribution < 1.29 is 8.42 Å². The van der Waals surface area contributed by atoms with Crippen LogP contribution in [-0.2, 0) is 30.0 Å². The van der Waals surface area contributed by atoms with Crippen LogP contribution in [0.1, 0.15) is 17.7 Å². The third kappa shape index (κ3) is 2.93. The van der Waals surface area contributed by atoms with Crippen molar-refractivity contribution in [1.29, 1.82) is 0 Å². The molecule has 1 aliphatic rings. The number of aryl methyl sites for hydroxylation is 1. The van der Waals surface area contributed by atoms with Gasteiger partial charge in [0, 0.05) is 32.6 Å². The molecule has 0 radical (unpaired) electrons. The highest BCUT2D eigenvalue weighted by molar-refractivity contribution is 7.89. The normalized spacial score (nSPS) is 16.1. The molecule has 0 spiro atoms. The second-order valence-electron chi connectivity index (χ2n) is 4.56. The molecule has 2 heterocycles. The predicted molar refractivity (Wildman–Crippen MR) is 72.2 cm³/mol. The summed E-state index contributed by atoms with van der Waals surface area (Å²) >= 11 is 0. The van der Waals surface area contributed by atoms with Crippen molar-refractivity contribution in [2.75, 3.05) is 12.3 Å². The van der Waals surface area contributed by atoms with Crippen LogP contribution in [0.15, 0.2) is 23.5 Å². The average Bonchev–Trinajstić information content (AvgIpc) is 2.37. The zero-order valence-electron chi connectivity index (χ0n) is 10.9. The lowest BCUT2D eigenvalue weighted by Gasteiger charge is -2.27. The van der Waals surface area contributed by atoms with Gasteiger partial charge >= 0.3 is 0 Å².